The van der Waals surface area contributed by atoms with E-state index in [4.69, 9.17) is 28.8 Å². The topological polar surface area (TPSA) is 199 Å². The molecule has 0 bridgehead atoms. The molecule has 0 saturated carbocycles. The zero-order chi connectivity index (χ0) is 40.2. The molecule has 1 saturated heterocycles. The van der Waals surface area contributed by atoms with Gasteiger partial charge in [-0.15, -0.1) is 0 Å². The zero-order valence-electron chi connectivity index (χ0n) is 32.8. The molecule has 2 rings (SSSR count). The van der Waals surface area contributed by atoms with Gasteiger partial charge in [0.2, 0.25) is 5.76 Å². The number of rotatable bonds is 10. The summed E-state index contributed by atoms with van der Waals surface area (Å²) in [6, 6.07) is 0. The Labute approximate surface area is 314 Å². The van der Waals surface area contributed by atoms with Gasteiger partial charge in [-0.25, -0.2) is 14.4 Å². The van der Waals surface area contributed by atoms with E-state index in [1.54, 1.807) is 45.9 Å². The zero-order valence-corrected chi connectivity index (χ0v) is 32.8. The number of aliphatic hydroxyl groups is 4. The van der Waals surface area contributed by atoms with Crippen LogP contribution in [-0.2, 0) is 38.1 Å². The van der Waals surface area contributed by atoms with Crippen molar-refractivity contribution >= 4 is 17.9 Å². The van der Waals surface area contributed by atoms with Crippen LogP contribution < -0.4 is 0 Å². The highest BCUT2D eigenvalue weighted by Gasteiger charge is 2.49. The molecule has 300 valence electrons. The molecule has 13 unspecified atom stereocenters. The molecule has 0 aromatic heterocycles. The molecule has 0 radical (unpaired) electrons. The quantitative estimate of drug-likeness (QED) is 0.156. The monoisotopic (exact) mass is 750 g/mol. The van der Waals surface area contributed by atoms with Crippen molar-refractivity contribution in [1.82, 2.24) is 0 Å². The van der Waals surface area contributed by atoms with Gasteiger partial charge in [-0.05, 0) is 45.6 Å². The number of hydrogen-bond acceptors (Lipinski definition) is 12. The number of carboxylic acids is 1. The lowest BCUT2D eigenvalue weighted by Crippen LogP contribution is -2.56. The van der Waals surface area contributed by atoms with Crippen molar-refractivity contribution in [3.8, 4) is 0 Å². The Hall–Kier alpha value is -3.33. The normalized spacial score (nSPS) is 37.9. The van der Waals surface area contributed by atoms with Crippen LogP contribution in [0.1, 0.15) is 81.1 Å². The minimum atomic E-state index is -1.98. The number of carbonyl (C=O) groups is 3. The first kappa shape index (κ1) is 45.8. The number of ether oxygens (including phenoxy) is 5. The number of carboxylic acid groups (broad SMARTS) is 1. The van der Waals surface area contributed by atoms with Crippen LogP contribution in [0.5, 0.6) is 0 Å². The van der Waals surface area contributed by atoms with Crippen LogP contribution in [0.25, 0.3) is 0 Å². The largest absolute Gasteiger partial charge is 0.490 e. The Morgan fingerprint density at radius 2 is 1.75 bits per heavy atom. The molecule has 0 aromatic carbocycles. The van der Waals surface area contributed by atoms with Crippen molar-refractivity contribution in [2.24, 2.45) is 29.6 Å². The Balaban J connectivity index is 2.54. The molecule has 0 spiro atoms. The summed E-state index contributed by atoms with van der Waals surface area (Å²) in [4.78, 5) is 36.8. The second kappa shape index (κ2) is 20.9. The van der Waals surface area contributed by atoms with Gasteiger partial charge in [0, 0.05) is 55.8 Å². The first-order valence-corrected chi connectivity index (χ1v) is 18.4. The van der Waals surface area contributed by atoms with Crippen molar-refractivity contribution in [3.05, 3.63) is 59.4 Å². The Morgan fingerprint density at radius 1 is 1.09 bits per heavy atom. The molecule has 13 heteroatoms. The predicted octanol–water partition coefficient (Wildman–Crippen LogP) is 4.39. The number of esters is 2. The van der Waals surface area contributed by atoms with Crippen molar-refractivity contribution < 1.29 is 63.6 Å². The molecule has 2 aliphatic heterocycles. The lowest BCUT2D eigenvalue weighted by Gasteiger charge is -2.46. The average molecular weight is 751 g/mol. The third-order valence-corrected chi connectivity index (χ3v) is 10.4. The molecular formula is C40H62O13. The molecule has 13 nitrogen and oxygen atoms in total. The van der Waals surface area contributed by atoms with Crippen molar-refractivity contribution in [3.63, 3.8) is 0 Å². The fourth-order valence-electron chi connectivity index (χ4n) is 7.34. The molecule has 0 aromatic rings. The van der Waals surface area contributed by atoms with Crippen molar-refractivity contribution in [2.45, 2.75) is 130 Å². The third kappa shape index (κ3) is 13.2. The minimum absolute atomic E-state index is 0.138. The van der Waals surface area contributed by atoms with E-state index in [2.05, 4.69) is 0 Å². The molecule has 0 amide bonds. The van der Waals surface area contributed by atoms with Crippen LogP contribution in [0.4, 0.5) is 0 Å². The van der Waals surface area contributed by atoms with E-state index in [1.165, 1.54) is 20.3 Å². The number of carbonyl (C=O) groups excluding carboxylic acids is 2. The summed E-state index contributed by atoms with van der Waals surface area (Å²) in [5.41, 5.74) is 1.57. The van der Waals surface area contributed by atoms with Gasteiger partial charge in [0.15, 0.2) is 5.79 Å². The average Bonchev–Trinajstić information content (AvgIpc) is 3.08. The molecule has 1 fully saturated rings. The second-order valence-electron chi connectivity index (χ2n) is 14.8. The summed E-state index contributed by atoms with van der Waals surface area (Å²) >= 11 is 0. The van der Waals surface area contributed by atoms with Crippen molar-refractivity contribution in [1.29, 1.82) is 0 Å². The van der Waals surface area contributed by atoms with E-state index in [1.807, 2.05) is 33.8 Å². The Kier molecular flexibility index (Phi) is 18.1. The molecule has 53 heavy (non-hydrogen) atoms. The van der Waals surface area contributed by atoms with Crippen molar-refractivity contribution in [2.75, 3.05) is 14.2 Å². The highest BCUT2D eigenvalue weighted by molar-refractivity contribution is 5.90. The van der Waals surface area contributed by atoms with E-state index >= 15 is 0 Å². The maximum Gasteiger partial charge on any atom is 0.373 e. The molecule has 13 atom stereocenters. The summed E-state index contributed by atoms with van der Waals surface area (Å²) in [5.74, 6) is -7.96. The SMILES string of the molecule is CCC1C(O)C(C)/C=C(C)/C=C(/OC)C(=O)OC(C(C)C(O)C(C)C2(O)CC(OC(=O)/C=C/C(=O)O)CC(C)O2)C(OC)/C=C/C=C(\C)CC(C)C1O. The summed E-state index contributed by atoms with van der Waals surface area (Å²) < 4.78 is 28.6. The first-order valence-electron chi connectivity index (χ1n) is 18.4. The smallest absolute Gasteiger partial charge is 0.373 e. The third-order valence-electron chi connectivity index (χ3n) is 10.4. The lowest BCUT2D eigenvalue weighted by atomic mass is 9.79. The standard InChI is InChI=1S/C40H62O13/c1-11-30-35(44)24(4)17-22(2)13-12-14-31(49-9)38(52-39(47)32(50-10)19-23(3)18-25(5)36(30)45)27(7)37(46)28(8)40(48)21-29(20-26(6)53-40)51-34(43)16-15-33(41)42/h12-16,18-19,24-31,35-38,44-46,48H,11,17,20-21H2,1-10H3,(H,41,42)/b14-12+,16-15+,22-13+,23-18+,32-19+. The van der Waals surface area contributed by atoms with E-state index in [9.17, 15) is 34.8 Å². The van der Waals surface area contributed by atoms with Gasteiger partial charge in [0.25, 0.3) is 0 Å². The first-order chi connectivity index (χ1) is 24.8. The fourth-order valence-corrected chi connectivity index (χ4v) is 7.34. The maximum absolute atomic E-state index is 13.7. The number of hydrogen-bond donors (Lipinski definition) is 5. The number of aliphatic hydroxyl groups excluding tert-OH is 3. The summed E-state index contributed by atoms with van der Waals surface area (Å²) in [5, 5.41) is 54.9. The molecule has 0 aliphatic carbocycles. The van der Waals surface area contributed by atoms with Gasteiger partial charge in [-0.2, -0.15) is 0 Å². The van der Waals surface area contributed by atoms with Gasteiger partial charge < -0.3 is 49.2 Å². The van der Waals surface area contributed by atoms with Crippen LogP contribution in [0.15, 0.2) is 59.4 Å². The summed E-state index contributed by atoms with van der Waals surface area (Å²) in [6.07, 6.45) is 4.76. The van der Waals surface area contributed by atoms with Crippen LogP contribution >= 0.6 is 0 Å². The van der Waals surface area contributed by atoms with E-state index in [0.29, 0.717) is 24.5 Å². The highest BCUT2D eigenvalue weighted by Crippen LogP contribution is 2.39. The number of aliphatic carboxylic acids is 1. The van der Waals surface area contributed by atoms with Gasteiger partial charge in [0.05, 0.1) is 31.5 Å². The predicted molar refractivity (Wildman–Crippen MR) is 197 cm³/mol. The van der Waals surface area contributed by atoms with Crippen LogP contribution in [-0.4, -0.2) is 106 Å². The van der Waals surface area contributed by atoms with E-state index in [-0.39, 0.29) is 36.4 Å². The number of methoxy groups -OCH3 is 2. The Bertz CT molecular complexity index is 1380. The summed E-state index contributed by atoms with van der Waals surface area (Å²) in [6.45, 7) is 14.3. The molecular weight excluding hydrogens is 688 g/mol. The maximum atomic E-state index is 13.7. The number of allylic oxidation sites excluding steroid dienone is 5. The second-order valence-corrected chi connectivity index (χ2v) is 14.8. The highest BCUT2D eigenvalue weighted by atomic mass is 16.6. The van der Waals surface area contributed by atoms with Gasteiger partial charge in [-0.1, -0.05) is 70.1 Å². The van der Waals surface area contributed by atoms with E-state index < -0.39 is 78.3 Å². The van der Waals surface area contributed by atoms with Gasteiger partial charge >= 0.3 is 17.9 Å². The van der Waals surface area contributed by atoms with Crippen LogP contribution in [0.2, 0.25) is 0 Å². The summed E-state index contributed by atoms with van der Waals surface area (Å²) in [7, 11) is 2.76. The van der Waals surface area contributed by atoms with Gasteiger partial charge in [0.1, 0.15) is 18.3 Å². The molecule has 2 aliphatic rings. The molecule has 2 heterocycles. The number of cyclic esters (lactones) is 1. The fraction of sp³-hybridized carbons (Fsp3) is 0.675. The van der Waals surface area contributed by atoms with Gasteiger partial charge in [-0.3, -0.25) is 0 Å². The van der Waals surface area contributed by atoms with Crippen LogP contribution in [0, 0.1) is 29.6 Å². The minimum Gasteiger partial charge on any atom is -0.490 e. The van der Waals surface area contributed by atoms with E-state index in [0.717, 1.165) is 11.6 Å². The molecule has 5 N–H and O–H groups in total. The Morgan fingerprint density at radius 3 is 2.34 bits per heavy atom. The lowest BCUT2D eigenvalue weighted by molar-refractivity contribution is -0.307. The van der Waals surface area contributed by atoms with Crippen LogP contribution in [0.3, 0.4) is 0 Å².